The summed E-state index contributed by atoms with van der Waals surface area (Å²) in [5.41, 5.74) is 3.57. The Labute approximate surface area is 173 Å². The Kier molecular flexibility index (Phi) is 6.52. The van der Waals surface area contributed by atoms with Crippen molar-refractivity contribution in [1.29, 1.82) is 0 Å². The van der Waals surface area contributed by atoms with Gasteiger partial charge in [-0.3, -0.25) is 4.18 Å². The van der Waals surface area contributed by atoms with E-state index in [1.807, 2.05) is 56.3 Å². The van der Waals surface area contributed by atoms with Gasteiger partial charge in [-0.1, -0.05) is 72.3 Å². The van der Waals surface area contributed by atoms with Crippen LogP contribution in [-0.4, -0.2) is 22.1 Å². The van der Waals surface area contributed by atoms with Gasteiger partial charge in [0.05, 0.1) is 17.1 Å². The number of hydrogen-bond acceptors (Lipinski definition) is 4. The van der Waals surface area contributed by atoms with Crippen molar-refractivity contribution in [2.24, 2.45) is 0 Å². The van der Waals surface area contributed by atoms with Crippen LogP contribution in [0.5, 0.6) is 0 Å². The van der Waals surface area contributed by atoms with Crippen LogP contribution in [0.25, 0.3) is 11.1 Å². The Morgan fingerprint density at radius 2 is 1.41 bits per heavy atom. The maximum Gasteiger partial charge on any atom is 0.296 e. The molecule has 0 spiro atoms. The third-order valence-electron chi connectivity index (χ3n) is 5.18. The van der Waals surface area contributed by atoms with Gasteiger partial charge in [-0.15, -0.1) is 0 Å². The minimum Gasteiger partial charge on any atom is -0.374 e. The molecule has 29 heavy (non-hydrogen) atoms. The van der Waals surface area contributed by atoms with E-state index in [0.717, 1.165) is 22.3 Å². The van der Waals surface area contributed by atoms with E-state index in [1.165, 1.54) is 0 Å². The van der Waals surface area contributed by atoms with Gasteiger partial charge in [-0.05, 0) is 42.7 Å². The molecule has 0 amide bonds. The van der Waals surface area contributed by atoms with Crippen molar-refractivity contribution in [2.75, 3.05) is 13.7 Å². The standard InChI is InChI=1S/C24H26O4S/c1-19-9-15-23(16-10-19)29(25,26)28-18-17-24(2,27-3)22-13-11-21(12-14-22)20-7-5-4-6-8-20/h4-16H,17-18H2,1-3H3. The fourth-order valence-corrected chi connectivity index (χ4v) is 4.04. The molecule has 0 bridgehead atoms. The molecular weight excluding hydrogens is 384 g/mol. The summed E-state index contributed by atoms with van der Waals surface area (Å²) in [6, 6.07) is 24.9. The molecule has 0 aliphatic rings. The molecule has 0 aliphatic carbocycles. The van der Waals surface area contributed by atoms with Crippen molar-refractivity contribution in [3.05, 3.63) is 90.0 Å². The summed E-state index contributed by atoms with van der Waals surface area (Å²) in [6.07, 6.45) is 0.402. The van der Waals surface area contributed by atoms with E-state index in [1.54, 1.807) is 31.4 Å². The zero-order valence-electron chi connectivity index (χ0n) is 17.0. The highest BCUT2D eigenvalue weighted by Crippen LogP contribution is 2.31. The number of ether oxygens (including phenoxy) is 1. The van der Waals surface area contributed by atoms with Crippen LogP contribution in [0.1, 0.15) is 24.5 Å². The highest BCUT2D eigenvalue weighted by Gasteiger charge is 2.27. The van der Waals surface area contributed by atoms with Crippen LogP contribution in [0.4, 0.5) is 0 Å². The lowest BCUT2D eigenvalue weighted by Gasteiger charge is -2.28. The molecule has 0 radical (unpaired) electrons. The second-order valence-electron chi connectivity index (χ2n) is 7.22. The molecule has 5 heteroatoms. The number of rotatable bonds is 8. The van der Waals surface area contributed by atoms with Crippen molar-refractivity contribution in [1.82, 2.24) is 0 Å². The van der Waals surface area contributed by atoms with Gasteiger partial charge in [-0.2, -0.15) is 8.42 Å². The highest BCUT2D eigenvalue weighted by atomic mass is 32.2. The molecule has 0 fully saturated rings. The SMILES string of the molecule is COC(C)(CCOS(=O)(=O)c1ccc(C)cc1)c1ccc(-c2ccccc2)cc1. The Balaban J connectivity index is 1.69. The molecule has 0 aromatic heterocycles. The molecule has 3 aromatic rings. The monoisotopic (exact) mass is 410 g/mol. The van der Waals surface area contributed by atoms with Crippen LogP contribution >= 0.6 is 0 Å². The lowest BCUT2D eigenvalue weighted by molar-refractivity contribution is -0.0143. The summed E-state index contributed by atoms with van der Waals surface area (Å²) >= 11 is 0. The van der Waals surface area contributed by atoms with Crippen LogP contribution in [0, 0.1) is 6.92 Å². The minimum absolute atomic E-state index is 0.0288. The maximum atomic E-state index is 12.4. The fraction of sp³-hybridized carbons (Fsp3) is 0.250. The maximum absolute atomic E-state index is 12.4. The summed E-state index contributed by atoms with van der Waals surface area (Å²) in [4.78, 5) is 0.162. The largest absolute Gasteiger partial charge is 0.374 e. The molecule has 0 aliphatic heterocycles. The molecule has 152 valence electrons. The van der Waals surface area contributed by atoms with Crippen LogP contribution in [0.15, 0.2) is 83.8 Å². The molecule has 0 N–H and O–H groups in total. The highest BCUT2D eigenvalue weighted by molar-refractivity contribution is 7.86. The van der Waals surface area contributed by atoms with Gasteiger partial charge in [0.15, 0.2) is 0 Å². The van der Waals surface area contributed by atoms with Crippen LogP contribution in [0.3, 0.4) is 0 Å². The van der Waals surface area contributed by atoms with E-state index in [4.69, 9.17) is 8.92 Å². The Morgan fingerprint density at radius 3 is 2.00 bits per heavy atom. The van der Waals surface area contributed by atoms with E-state index >= 15 is 0 Å². The van der Waals surface area contributed by atoms with E-state index in [0.29, 0.717) is 6.42 Å². The molecule has 0 saturated heterocycles. The predicted octanol–water partition coefficient (Wildman–Crippen LogP) is 5.32. The van der Waals surface area contributed by atoms with Crippen molar-refractivity contribution >= 4 is 10.1 Å². The van der Waals surface area contributed by atoms with Crippen LogP contribution < -0.4 is 0 Å². The minimum atomic E-state index is -3.79. The molecule has 0 saturated carbocycles. The molecular formula is C24H26O4S. The van der Waals surface area contributed by atoms with Gasteiger partial charge in [0.25, 0.3) is 10.1 Å². The first-order valence-electron chi connectivity index (χ1n) is 9.51. The zero-order valence-corrected chi connectivity index (χ0v) is 17.8. The van der Waals surface area contributed by atoms with Crippen molar-refractivity contribution in [2.45, 2.75) is 30.8 Å². The van der Waals surface area contributed by atoms with Gasteiger partial charge in [0.2, 0.25) is 0 Å². The van der Waals surface area contributed by atoms with E-state index in [9.17, 15) is 8.42 Å². The van der Waals surface area contributed by atoms with Crippen molar-refractivity contribution in [3.63, 3.8) is 0 Å². The predicted molar refractivity (Wildman–Crippen MR) is 115 cm³/mol. The first-order chi connectivity index (χ1) is 13.8. The lowest BCUT2D eigenvalue weighted by Crippen LogP contribution is -2.27. The molecule has 1 atom stereocenters. The average molecular weight is 411 g/mol. The van der Waals surface area contributed by atoms with Gasteiger partial charge in [0.1, 0.15) is 0 Å². The number of hydrogen-bond donors (Lipinski definition) is 0. The summed E-state index contributed by atoms with van der Waals surface area (Å²) in [5.74, 6) is 0. The number of benzene rings is 3. The van der Waals surface area contributed by atoms with Crippen molar-refractivity contribution in [3.8, 4) is 11.1 Å². The molecule has 0 heterocycles. The molecule has 3 aromatic carbocycles. The Morgan fingerprint density at radius 1 is 0.828 bits per heavy atom. The first kappa shape index (κ1) is 21.2. The third-order valence-corrected chi connectivity index (χ3v) is 6.51. The number of methoxy groups -OCH3 is 1. The quantitative estimate of drug-likeness (QED) is 0.472. The van der Waals surface area contributed by atoms with Gasteiger partial charge < -0.3 is 4.74 Å². The third kappa shape index (κ3) is 5.12. The lowest BCUT2D eigenvalue weighted by atomic mass is 9.91. The van der Waals surface area contributed by atoms with E-state index in [-0.39, 0.29) is 11.5 Å². The normalized spacial score (nSPS) is 13.8. The molecule has 4 nitrogen and oxygen atoms in total. The first-order valence-corrected chi connectivity index (χ1v) is 10.9. The second-order valence-corrected chi connectivity index (χ2v) is 8.83. The van der Waals surface area contributed by atoms with Crippen LogP contribution in [-0.2, 0) is 24.6 Å². The van der Waals surface area contributed by atoms with Crippen molar-refractivity contribution < 1.29 is 17.3 Å². The summed E-state index contributed by atoms with van der Waals surface area (Å²) < 4.78 is 35.8. The Hall–Kier alpha value is -2.47. The number of aryl methyl sites for hydroxylation is 1. The second kappa shape index (κ2) is 8.91. The average Bonchev–Trinajstić information content (AvgIpc) is 2.74. The topological polar surface area (TPSA) is 52.6 Å². The van der Waals surface area contributed by atoms with Gasteiger partial charge in [-0.25, -0.2) is 0 Å². The summed E-state index contributed by atoms with van der Waals surface area (Å²) in [6.45, 7) is 3.87. The van der Waals surface area contributed by atoms with E-state index in [2.05, 4.69) is 12.1 Å². The Bertz CT molecular complexity index is 1030. The summed E-state index contributed by atoms with van der Waals surface area (Å²) in [5, 5.41) is 0. The van der Waals surface area contributed by atoms with Crippen LogP contribution in [0.2, 0.25) is 0 Å². The summed E-state index contributed by atoms with van der Waals surface area (Å²) in [7, 11) is -2.16. The fourth-order valence-electron chi connectivity index (χ4n) is 3.13. The smallest absolute Gasteiger partial charge is 0.296 e. The molecule has 3 rings (SSSR count). The van der Waals surface area contributed by atoms with Gasteiger partial charge >= 0.3 is 0 Å². The van der Waals surface area contributed by atoms with E-state index < -0.39 is 15.7 Å². The van der Waals surface area contributed by atoms with Gasteiger partial charge in [0, 0.05) is 13.5 Å². The molecule has 1 unspecified atom stereocenters. The zero-order chi connectivity index (χ0) is 20.9.